The van der Waals surface area contributed by atoms with Gasteiger partial charge in [-0.2, -0.15) is 0 Å². The molecule has 2 atom stereocenters. The van der Waals surface area contributed by atoms with E-state index in [9.17, 15) is 9.59 Å². The number of hydrogen-bond donors (Lipinski definition) is 0. The minimum Gasteiger partial charge on any atom is -0.449 e. The number of carbonyl (C=O) groups excluding carboxylic acids is 2. The lowest BCUT2D eigenvalue weighted by atomic mass is 9.95. The Labute approximate surface area is 147 Å². The molecule has 1 aromatic heterocycles. The van der Waals surface area contributed by atoms with E-state index >= 15 is 0 Å². The fraction of sp³-hybridized carbons (Fsp3) is 0.579. The number of thiophene rings is 1. The van der Waals surface area contributed by atoms with Crippen molar-refractivity contribution in [3.8, 4) is 0 Å². The van der Waals surface area contributed by atoms with Crippen LogP contribution in [0.3, 0.4) is 0 Å². The maximum atomic E-state index is 12.7. The SMILES string of the molecule is C[C@H](OC(=O)C=C1CCCCC1)C(=O)N1CCC[C@H]1c1cccs1. The molecule has 24 heavy (non-hydrogen) atoms. The minimum absolute atomic E-state index is 0.0821. The maximum absolute atomic E-state index is 12.7. The Balaban J connectivity index is 1.58. The number of rotatable bonds is 4. The maximum Gasteiger partial charge on any atom is 0.331 e. The van der Waals surface area contributed by atoms with Crippen molar-refractivity contribution in [1.82, 2.24) is 4.90 Å². The second kappa shape index (κ2) is 7.97. The van der Waals surface area contributed by atoms with Crippen LogP contribution >= 0.6 is 11.3 Å². The standard InChI is InChI=1S/C19H25NO3S/c1-14(23-18(21)13-15-7-3-2-4-8-15)19(22)20-11-5-9-16(20)17-10-6-12-24-17/h6,10,12-14,16H,2-5,7-9,11H2,1H3/t14-,16-/m0/s1. The lowest BCUT2D eigenvalue weighted by Gasteiger charge is -2.26. The van der Waals surface area contributed by atoms with Crippen LogP contribution in [0.15, 0.2) is 29.2 Å². The predicted molar refractivity (Wildman–Crippen MR) is 94.7 cm³/mol. The van der Waals surface area contributed by atoms with Crippen LogP contribution in [0.4, 0.5) is 0 Å². The molecule has 1 amide bonds. The van der Waals surface area contributed by atoms with E-state index in [1.165, 1.54) is 11.3 Å². The summed E-state index contributed by atoms with van der Waals surface area (Å²) in [7, 11) is 0. The first kappa shape index (κ1) is 17.2. The molecule has 0 bridgehead atoms. The molecule has 1 aromatic rings. The summed E-state index contributed by atoms with van der Waals surface area (Å²) >= 11 is 1.68. The van der Waals surface area contributed by atoms with Gasteiger partial charge in [-0.1, -0.05) is 18.1 Å². The molecule has 2 aliphatic rings. The molecule has 130 valence electrons. The lowest BCUT2D eigenvalue weighted by Crippen LogP contribution is -2.39. The second-order valence-corrected chi connectivity index (χ2v) is 7.63. The van der Waals surface area contributed by atoms with Crippen LogP contribution in [0.5, 0.6) is 0 Å². The third-order valence-corrected chi connectivity index (χ3v) is 5.84. The molecule has 0 N–H and O–H groups in total. The first-order valence-corrected chi connectivity index (χ1v) is 9.77. The van der Waals surface area contributed by atoms with Crippen LogP contribution in [0, 0.1) is 0 Å². The molecule has 4 nitrogen and oxygen atoms in total. The molecule has 0 radical (unpaired) electrons. The van der Waals surface area contributed by atoms with Gasteiger partial charge in [-0.15, -0.1) is 11.3 Å². The van der Waals surface area contributed by atoms with Gasteiger partial charge >= 0.3 is 5.97 Å². The molecular formula is C19H25NO3S. The van der Waals surface area contributed by atoms with Crippen molar-refractivity contribution < 1.29 is 14.3 Å². The van der Waals surface area contributed by atoms with Crippen molar-refractivity contribution in [1.29, 1.82) is 0 Å². The number of amides is 1. The zero-order valence-electron chi connectivity index (χ0n) is 14.2. The van der Waals surface area contributed by atoms with Crippen LogP contribution in [0.1, 0.15) is 62.8 Å². The molecular weight excluding hydrogens is 322 g/mol. The van der Waals surface area contributed by atoms with Crippen molar-refractivity contribution >= 4 is 23.2 Å². The Morgan fingerprint density at radius 1 is 1.29 bits per heavy atom. The van der Waals surface area contributed by atoms with Crippen LogP contribution in [-0.2, 0) is 14.3 Å². The molecule has 0 unspecified atom stereocenters. The van der Waals surface area contributed by atoms with Gasteiger partial charge in [0, 0.05) is 17.5 Å². The summed E-state index contributed by atoms with van der Waals surface area (Å²) in [5.74, 6) is -0.457. The summed E-state index contributed by atoms with van der Waals surface area (Å²) in [6, 6.07) is 4.22. The number of hydrogen-bond acceptors (Lipinski definition) is 4. The lowest BCUT2D eigenvalue weighted by molar-refractivity contribution is -0.155. The van der Waals surface area contributed by atoms with Gasteiger partial charge in [0.05, 0.1) is 6.04 Å². The number of carbonyl (C=O) groups is 2. The van der Waals surface area contributed by atoms with E-state index in [1.54, 1.807) is 24.3 Å². The first-order chi connectivity index (χ1) is 11.6. The summed E-state index contributed by atoms with van der Waals surface area (Å²) in [5, 5.41) is 2.04. The summed E-state index contributed by atoms with van der Waals surface area (Å²) < 4.78 is 5.39. The van der Waals surface area contributed by atoms with Gasteiger partial charge in [0.15, 0.2) is 6.10 Å². The minimum atomic E-state index is -0.724. The Hall–Kier alpha value is -1.62. The van der Waals surface area contributed by atoms with Crippen molar-refractivity contribution in [3.05, 3.63) is 34.0 Å². The second-order valence-electron chi connectivity index (χ2n) is 6.65. The zero-order chi connectivity index (χ0) is 16.9. The predicted octanol–water partition coefficient (Wildman–Crippen LogP) is 4.23. The van der Waals surface area contributed by atoms with E-state index in [0.717, 1.165) is 50.6 Å². The van der Waals surface area contributed by atoms with Crippen molar-refractivity contribution in [2.24, 2.45) is 0 Å². The van der Waals surface area contributed by atoms with Gasteiger partial charge in [0.1, 0.15) is 0 Å². The van der Waals surface area contributed by atoms with Gasteiger partial charge in [-0.3, -0.25) is 4.79 Å². The number of esters is 1. The van der Waals surface area contributed by atoms with E-state index in [-0.39, 0.29) is 17.9 Å². The first-order valence-electron chi connectivity index (χ1n) is 8.89. The molecule has 0 aromatic carbocycles. The Kier molecular flexibility index (Phi) is 5.72. The molecule has 1 saturated carbocycles. The average Bonchev–Trinajstić information content (AvgIpc) is 3.25. The van der Waals surface area contributed by atoms with Crippen LogP contribution in [0.25, 0.3) is 0 Å². The molecule has 3 rings (SSSR count). The summed E-state index contributed by atoms with van der Waals surface area (Å²) in [5.41, 5.74) is 1.16. The largest absolute Gasteiger partial charge is 0.449 e. The van der Waals surface area contributed by atoms with Gasteiger partial charge in [-0.05, 0) is 56.9 Å². The normalized spacial score (nSPS) is 22.3. The Morgan fingerprint density at radius 2 is 2.08 bits per heavy atom. The van der Waals surface area contributed by atoms with Crippen LogP contribution in [0.2, 0.25) is 0 Å². The third-order valence-electron chi connectivity index (χ3n) is 4.87. The van der Waals surface area contributed by atoms with E-state index < -0.39 is 6.10 Å². The van der Waals surface area contributed by atoms with Crippen molar-refractivity contribution in [3.63, 3.8) is 0 Å². The van der Waals surface area contributed by atoms with E-state index in [0.29, 0.717) is 0 Å². The van der Waals surface area contributed by atoms with E-state index in [2.05, 4.69) is 6.07 Å². The van der Waals surface area contributed by atoms with Gasteiger partial charge < -0.3 is 9.64 Å². The highest BCUT2D eigenvalue weighted by atomic mass is 32.1. The molecule has 1 saturated heterocycles. The van der Waals surface area contributed by atoms with Gasteiger partial charge in [-0.25, -0.2) is 4.79 Å². The highest BCUT2D eigenvalue weighted by Crippen LogP contribution is 2.35. The van der Waals surface area contributed by atoms with E-state index in [4.69, 9.17) is 4.74 Å². The van der Waals surface area contributed by atoms with Gasteiger partial charge in [0.25, 0.3) is 5.91 Å². The highest BCUT2D eigenvalue weighted by molar-refractivity contribution is 7.10. The summed E-state index contributed by atoms with van der Waals surface area (Å²) in [6.07, 6.45) is 8.33. The Morgan fingerprint density at radius 3 is 2.79 bits per heavy atom. The number of nitrogens with zero attached hydrogens (tertiary/aromatic N) is 1. The quantitative estimate of drug-likeness (QED) is 0.605. The molecule has 2 heterocycles. The Bertz CT molecular complexity index is 600. The number of allylic oxidation sites excluding steroid dienone is 1. The molecule has 1 aliphatic heterocycles. The van der Waals surface area contributed by atoms with Crippen molar-refractivity contribution in [2.75, 3.05) is 6.54 Å². The fourth-order valence-electron chi connectivity index (χ4n) is 3.62. The number of likely N-dealkylation sites (tertiary alicyclic amines) is 1. The van der Waals surface area contributed by atoms with Crippen LogP contribution < -0.4 is 0 Å². The van der Waals surface area contributed by atoms with E-state index in [1.807, 2.05) is 16.3 Å². The smallest absolute Gasteiger partial charge is 0.331 e. The fourth-order valence-corrected chi connectivity index (χ4v) is 4.49. The number of ether oxygens (including phenoxy) is 1. The average molecular weight is 347 g/mol. The van der Waals surface area contributed by atoms with Gasteiger partial charge in [0.2, 0.25) is 0 Å². The highest BCUT2D eigenvalue weighted by Gasteiger charge is 2.34. The molecule has 1 aliphatic carbocycles. The summed E-state index contributed by atoms with van der Waals surface area (Å²) in [4.78, 5) is 27.9. The summed E-state index contributed by atoms with van der Waals surface area (Å²) in [6.45, 7) is 2.42. The molecule has 0 spiro atoms. The monoisotopic (exact) mass is 347 g/mol. The molecule has 2 fully saturated rings. The third kappa shape index (κ3) is 4.07. The van der Waals surface area contributed by atoms with Crippen molar-refractivity contribution in [2.45, 2.75) is 64.0 Å². The molecule has 5 heteroatoms. The topological polar surface area (TPSA) is 46.6 Å². The van der Waals surface area contributed by atoms with Crippen LogP contribution in [-0.4, -0.2) is 29.4 Å². The zero-order valence-corrected chi connectivity index (χ0v) is 15.0.